The van der Waals surface area contributed by atoms with Gasteiger partial charge < -0.3 is 16.2 Å². The fraction of sp³-hybridized carbons (Fsp3) is 0.0588. The quantitative estimate of drug-likeness (QED) is 0.551. The Morgan fingerprint density at radius 2 is 1.96 bits per heavy atom. The molecule has 122 valence electrons. The van der Waals surface area contributed by atoms with Crippen LogP contribution in [-0.2, 0) is 0 Å². The van der Waals surface area contributed by atoms with Gasteiger partial charge in [0.1, 0.15) is 5.75 Å². The highest BCUT2D eigenvalue weighted by Gasteiger charge is 2.15. The summed E-state index contributed by atoms with van der Waals surface area (Å²) in [5, 5.41) is 1.52. The number of amides is 1. The Hall–Kier alpha value is -2.57. The van der Waals surface area contributed by atoms with Crippen molar-refractivity contribution in [2.75, 3.05) is 7.11 Å². The van der Waals surface area contributed by atoms with Crippen LogP contribution >= 0.6 is 22.9 Å². The predicted octanol–water partition coefficient (Wildman–Crippen LogP) is 3.64. The Morgan fingerprint density at radius 3 is 2.67 bits per heavy atom. The number of guanidine groups is 1. The van der Waals surface area contributed by atoms with Gasteiger partial charge >= 0.3 is 0 Å². The maximum absolute atomic E-state index is 12.1. The molecule has 0 unspecified atom stereocenters. The Morgan fingerprint density at radius 1 is 1.17 bits per heavy atom. The van der Waals surface area contributed by atoms with Crippen molar-refractivity contribution in [2.45, 2.75) is 0 Å². The standard InChI is InChI=1S/C17H14ClN3O2S/c1-23-13-6-5-9(18)7-11(13)10-3-2-4-14-12(10)8-15(24-14)16(22)21-17(19)20/h2-8H,1H3,(H4,19,20,21,22). The first-order valence-corrected chi connectivity index (χ1v) is 8.19. The minimum Gasteiger partial charge on any atom is -0.496 e. The number of nitrogens with zero attached hydrogens (tertiary/aromatic N) is 1. The molecular weight excluding hydrogens is 346 g/mol. The Labute approximate surface area is 147 Å². The molecule has 0 bridgehead atoms. The van der Waals surface area contributed by atoms with Gasteiger partial charge in [-0.25, -0.2) is 0 Å². The second-order valence-electron chi connectivity index (χ2n) is 5.01. The number of ether oxygens (including phenoxy) is 1. The summed E-state index contributed by atoms with van der Waals surface area (Å²) in [5.41, 5.74) is 12.3. The molecule has 0 spiro atoms. The molecule has 1 aromatic heterocycles. The molecule has 0 saturated carbocycles. The lowest BCUT2D eigenvalue weighted by atomic mass is 10.0. The summed E-state index contributed by atoms with van der Waals surface area (Å²) in [7, 11) is 1.61. The van der Waals surface area contributed by atoms with E-state index in [0.717, 1.165) is 21.2 Å². The van der Waals surface area contributed by atoms with Crippen LogP contribution in [0.25, 0.3) is 21.2 Å². The largest absolute Gasteiger partial charge is 0.496 e. The minimum absolute atomic E-state index is 0.255. The van der Waals surface area contributed by atoms with Gasteiger partial charge in [0.05, 0.1) is 12.0 Å². The van der Waals surface area contributed by atoms with Crippen molar-refractivity contribution in [3.63, 3.8) is 0 Å². The van der Waals surface area contributed by atoms with Gasteiger partial charge in [-0.15, -0.1) is 11.3 Å². The number of rotatable bonds is 3. The van der Waals surface area contributed by atoms with Gasteiger partial charge in [-0.1, -0.05) is 23.7 Å². The van der Waals surface area contributed by atoms with Crippen molar-refractivity contribution >= 4 is 44.9 Å². The lowest BCUT2D eigenvalue weighted by Crippen LogP contribution is -2.24. The van der Waals surface area contributed by atoms with E-state index in [2.05, 4.69) is 4.99 Å². The van der Waals surface area contributed by atoms with Crippen molar-refractivity contribution in [1.82, 2.24) is 0 Å². The number of fused-ring (bicyclic) bond motifs is 1. The van der Waals surface area contributed by atoms with Crippen LogP contribution in [0.15, 0.2) is 47.5 Å². The van der Waals surface area contributed by atoms with Crippen molar-refractivity contribution < 1.29 is 9.53 Å². The number of thiophene rings is 1. The molecule has 0 fully saturated rings. The Bertz CT molecular complexity index is 962. The molecule has 3 aromatic rings. The molecule has 0 aliphatic rings. The van der Waals surface area contributed by atoms with Crippen LogP contribution in [0.5, 0.6) is 5.75 Å². The molecule has 2 aromatic carbocycles. The van der Waals surface area contributed by atoms with Crippen LogP contribution in [0.1, 0.15) is 9.67 Å². The SMILES string of the molecule is COc1ccc(Cl)cc1-c1cccc2sc(C(=O)N=C(N)N)cc12. The predicted molar refractivity (Wildman–Crippen MR) is 99.0 cm³/mol. The number of hydrogen-bond donors (Lipinski definition) is 2. The third kappa shape index (κ3) is 3.06. The van der Waals surface area contributed by atoms with Gasteiger partial charge in [-0.2, -0.15) is 4.99 Å². The van der Waals surface area contributed by atoms with Gasteiger partial charge in [0.15, 0.2) is 5.96 Å². The molecule has 0 saturated heterocycles. The van der Waals surface area contributed by atoms with Gasteiger partial charge in [0.2, 0.25) is 0 Å². The van der Waals surface area contributed by atoms with E-state index >= 15 is 0 Å². The van der Waals surface area contributed by atoms with Crippen LogP contribution < -0.4 is 16.2 Å². The summed E-state index contributed by atoms with van der Waals surface area (Å²) in [6.45, 7) is 0. The normalized spacial score (nSPS) is 10.6. The highest BCUT2D eigenvalue weighted by Crippen LogP contribution is 2.39. The molecule has 24 heavy (non-hydrogen) atoms. The van der Waals surface area contributed by atoms with Crippen LogP contribution in [0.3, 0.4) is 0 Å². The van der Waals surface area contributed by atoms with Crippen molar-refractivity contribution in [3.8, 4) is 16.9 Å². The molecule has 0 radical (unpaired) electrons. The molecule has 5 nitrogen and oxygen atoms in total. The third-order valence-electron chi connectivity index (χ3n) is 3.45. The number of benzene rings is 2. The van der Waals surface area contributed by atoms with E-state index in [1.165, 1.54) is 11.3 Å². The van der Waals surface area contributed by atoms with Crippen molar-refractivity contribution in [3.05, 3.63) is 52.4 Å². The number of nitrogens with two attached hydrogens (primary N) is 2. The van der Waals surface area contributed by atoms with Crippen LogP contribution in [0.2, 0.25) is 5.02 Å². The van der Waals surface area contributed by atoms with E-state index in [0.29, 0.717) is 15.6 Å². The van der Waals surface area contributed by atoms with Gasteiger partial charge in [0, 0.05) is 20.7 Å². The summed E-state index contributed by atoms with van der Waals surface area (Å²) in [6.07, 6.45) is 0. The molecule has 3 rings (SSSR count). The zero-order valence-corrected chi connectivity index (χ0v) is 14.3. The highest BCUT2D eigenvalue weighted by molar-refractivity contribution is 7.20. The first-order chi connectivity index (χ1) is 11.5. The summed E-state index contributed by atoms with van der Waals surface area (Å²) in [6, 6.07) is 13.0. The van der Waals surface area contributed by atoms with E-state index in [-0.39, 0.29) is 5.96 Å². The Balaban J connectivity index is 2.20. The smallest absolute Gasteiger partial charge is 0.290 e. The number of carbonyl (C=O) groups excluding carboxylic acids is 1. The fourth-order valence-electron chi connectivity index (χ4n) is 2.46. The number of aliphatic imine (C=N–C) groups is 1. The zero-order valence-electron chi connectivity index (χ0n) is 12.7. The van der Waals surface area contributed by atoms with E-state index in [4.69, 9.17) is 27.8 Å². The average molecular weight is 360 g/mol. The molecule has 0 aliphatic carbocycles. The number of methoxy groups -OCH3 is 1. The molecule has 0 aliphatic heterocycles. The summed E-state index contributed by atoms with van der Waals surface area (Å²) < 4.78 is 6.38. The van der Waals surface area contributed by atoms with Crippen molar-refractivity contribution in [1.29, 1.82) is 0 Å². The molecule has 7 heteroatoms. The van der Waals surface area contributed by atoms with Gasteiger partial charge in [-0.3, -0.25) is 4.79 Å². The lowest BCUT2D eigenvalue weighted by molar-refractivity contribution is 0.101. The lowest BCUT2D eigenvalue weighted by Gasteiger charge is -2.10. The van der Waals surface area contributed by atoms with Gasteiger partial charge in [0.25, 0.3) is 5.91 Å². The minimum atomic E-state index is -0.458. The first kappa shape index (κ1) is 16.3. The number of hydrogen-bond acceptors (Lipinski definition) is 3. The fourth-order valence-corrected chi connectivity index (χ4v) is 3.61. The average Bonchev–Trinajstić information content (AvgIpc) is 2.98. The molecule has 1 heterocycles. The molecule has 1 amide bonds. The van der Waals surface area contributed by atoms with E-state index in [1.54, 1.807) is 19.2 Å². The van der Waals surface area contributed by atoms with Crippen LogP contribution in [0.4, 0.5) is 0 Å². The van der Waals surface area contributed by atoms with E-state index in [1.807, 2.05) is 30.3 Å². The maximum atomic E-state index is 12.1. The second-order valence-corrected chi connectivity index (χ2v) is 6.53. The first-order valence-electron chi connectivity index (χ1n) is 7.00. The summed E-state index contributed by atoms with van der Waals surface area (Å²) >= 11 is 7.47. The summed E-state index contributed by atoms with van der Waals surface area (Å²) in [5.74, 6) is -0.00963. The maximum Gasteiger partial charge on any atom is 0.290 e. The molecule has 4 N–H and O–H groups in total. The van der Waals surface area contributed by atoms with E-state index < -0.39 is 5.91 Å². The van der Waals surface area contributed by atoms with E-state index in [9.17, 15) is 4.79 Å². The number of halogens is 1. The third-order valence-corrected chi connectivity index (χ3v) is 4.78. The monoisotopic (exact) mass is 359 g/mol. The zero-order chi connectivity index (χ0) is 17.3. The van der Waals surface area contributed by atoms with Crippen LogP contribution in [-0.4, -0.2) is 19.0 Å². The number of carbonyl (C=O) groups is 1. The second kappa shape index (κ2) is 6.51. The molecule has 0 atom stereocenters. The Kier molecular flexibility index (Phi) is 4.42. The summed E-state index contributed by atoms with van der Waals surface area (Å²) in [4.78, 5) is 16.1. The van der Waals surface area contributed by atoms with Gasteiger partial charge in [-0.05, 0) is 35.9 Å². The van der Waals surface area contributed by atoms with Crippen molar-refractivity contribution in [2.24, 2.45) is 16.5 Å². The highest BCUT2D eigenvalue weighted by atomic mass is 35.5. The topological polar surface area (TPSA) is 90.7 Å². The molecular formula is C17H14ClN3O2S. The van der Waals surface area contributed by atoms with Crippen LogP contribution in [0, 0.1) is 0 Å².